The van der Waals surface area contributed by atoms with Crippen molar-refractivity contribution in [3.8, 4) is 0 Å². The Balaban J connectivity index is 1.94. The molecule has 1 fully saturated rings. The van der Waals surface area contributed by atoms with E-state index in [2.05, 4.69) is 5.10 Å². The van der Waals surface area contributed by atoms with Crippen LogP contribution in [0.2, 0.25) is 0 Å². The Labute approximate surface area is 119 Å². The number of aromatic nitrogens is 2. The number of hydrogen-bond acceptors (Lipinski definition) is 4. The molecule has 1 aliphatic rings. The van der Waals surface area contributed by atoms with Gasteiger partial charge in [-0.25, -0.2) is 0 Å². The molecule has 20 heavy (non-hydrogen) atoms. The van der Waals surface area contributed by atoms with Crippen LogP contribution in [0.1, 0.15) is 44.0 Å². The molecule has 0 aromatic carbocycles. The molecule has 1 aliphatic carbocycles. The predicted molar refractivity (Wildman–Crippen MR) is 75.2 cm³/mol. The maximum Gasteiger partial charge on any atom is 0.308 e. The van der Waals surface area contributed by atoms with Crippen LogP contribution in [0.4, 0.5) is 0 Å². The maximum atomic E-state index is 11.7. The Hall–Kier alpha value is -1.36. The number of hydrogen-bond donors (Lipinski definition) is 1. The van der Waals surface area contributed by atoms with Gasteiger partial charge in [0.25, 0.3) is 0 Å². The van der Waals surface area contributed by atoms with Crippen molar-refractivity contribution in [1.82, 2.24) is 9.78 Å². The summed E-state index contributed by atoms with van der Waals surface area (Å²) in [4.78, 5) is 11.7. The monoisotopic (exact) mass is 280 g/mol. The average molecular weight is 280 g/mol. The zero-order chi connectivity index (χ0) is 14.8. The second-order valence-electron chi connectivity index (χ2n) is 5.84. The number of esters is 1. The number of aryl methyl sites for hydroxylation is 2. The summed E-state index contributed by atoms with van der Waals surface area (Å²) in [5.74, 6) is -0.184. The van der Waals surface area contributed by atoms with Gasteiger partial charge in [-0.2, -0.15) is 5.10 Å². The van der Waals surface area contributed by atoms with Crippen LogP contribution < -0.4 is 0 Å². The summed E-state index contributed by atoms with van der Waals surface area (Å²) >= 11 is 0. The van der Waals surface area contributed by atoms with Crippen molar-refractivity contribution >= 4 is 5.97 Å². The fourth-order valence-electron chi connectivity index (χ4n) is 2.92. The van der Waals surface area contributed by atoms with E-state index in [0.717, 1.165) is 11.4 Å². The van der Waals surface area contributed by atoms with E-state index in [1.807, 2.05) is 31.5 Å². The lowest BCUT2D eigenvalue weighted by Gasteiger charge is -2.35. The number of aliphatic hydroxyl groups is 1. The van der Waals surface area contributed by atoms with E-state index < -0.39 is 5.60 Å². The average Bonchev–Trinajstić information content (AvgIpc) is 2.68. The number of nitrogens with zero attached hydrogens (tertiary/aromatic N) is 2. The van der Waals surface area contributed by atoms with Crippen LogP contribution in [0, 0.1) is 19.8 Å². The minimum absolute atomic E-state index is 0.0596. The molecule has 112 valence electrons. The molecule has 1 N–H and O–H groups in total. The van der Waals surface area contributed by atoms with Crippen LogP contribution in [0.15, 0.2) is 6.07 Å². The molecule has 1 heterocycles. The van der Waals surface area contributed by atoms with Crippen LogP contribution in [-0.4, -0.2) is 33.1 Å². The molecular formula is C15H24N2O3. The lowest BCUT2D eigenvalue weighted by molar-refractivity contribution is -0.151. The van der Waals surface area contributed by atoms with Gasteiger partial charge in [-0.1, -0.05) is 0 Å². The molecule has 2 rings (SSSR count). The zero-order valence-corrected chi connectivity index (χ0v) is 12.6. The van der Waals surface area contributed by atoms with E-state index >= 15 is 0 Å². The fraction of sp³-hybridized carbons (Fsp3) is 0.733. The first-order chi connectivity index (χ1) is 9.43. The number of ether oxygens (including phenoxy) is 1. The molecular weight excluding hydrogens is 256 g/mol. The van der Waals surface area contributed by atoms with Crippen LogP contribution in [0.3, 0.4) is 0 Å². The van der Waals surface area contributed by atoms with Gasteiger partial charge in [0, 0.05) is 5.69 Å². The van der Waals surface area contributed by atoms with Gasteiger partial charge in [0.1, 0.15) is 0 Å². The zero-order valence-electron chi connectivity index (χ0n) is 12.6. The van der Waals surface area contributed by atoms with Gasteiger partial charge in [-0.15, -0.1) is 0 Å². The molecule has 1 aromatic rings. The van der Waals surface area contributed by atoms with Crippen LogP contribution in [-0.2, 0) is 16.1 Å². The normalized spacial score (nSPS) is 26.5. The molecule has 0 spiro atoms. The van der Waals surface area contributed by atoms with Crippen molar-refractivity contribution in [2.45, 2.75) is 58.6 Å². The first-order valence-corrected chi connectivity index (χ1v) is 7.33. The van der Waals surface area contributed by atoms with E-state index in [-0.39, 0.29) is 11.9 Å². The Morgan fingerprint density at radius 3 is 2.65 bits per heavy atom. The summed E-state index contributed by atoms with van der Waals surface area (Å²) in [6, 6.07) is 2.01. The molecule has 1 saturated carbocycles. The molecule has 0 atom stereocenters. The molecule has 0 unspecified atom stereocenters. The topological polar surface area (TPSA) is 64.3 Å². The summed E-state index contributed by atoms with van der Waals surface area (Å²) in [7, 11) is 0. The van der Waals surface area contributed by atoms with Gasteiger partial charge in [-0.3, -0.25) is 9.48 Å². The first kappa shape index (κ1) is 15.0. The van der Waals surface area contributed by atoms with Crippen LogP contribution in [0.5, 0.6) is 0 Å². The maximum absolute atomic E-state index is 11.7. The number of rotatable bonds is 4. The van der Waals surface area contributed by atoms with Crippen molar-refractivity contribution in [2.75, 3.05) is 6.61 Å². The largest absolute Gasteiger partial charge is 0.466 e. The molecule has 0 saturated heterocycles. The molecule has 1 aromatic heterocycles. The lowest BCUT2D eigenvalue weighted by Crippen LogP contribution is -2.40. The number of carbonyl (C=O) groups is 1. The highest BCUT2D eigenvalue weighted by Crippen LogP contribution is 2.34. The first-order valence-electron chi connectivity index (χ1n) is 7.33. The Bertz CT molecular complexity index is 473. The SMILES string of the molecule is CCOC(=O)C1CCC(O)(Cn2nc(C)cc2C)CC1. The predicted octanol–water partition coefficient (Wildman–Crippen LogP) is 1.98. The van der Waals surface area contributed by atoms with Gasteiger partial charge < -0.3 is 9.84 Å². The van der Waals surface area contributed by atoms with Gasteiger partial charge in [0.05, 0.1) is 30.4 Å². The van der Waals surface area contributed by atoms with Crippen molar-refractivity contribution in [1.29, 1.82) is 0 Å². The Morgan fingerprint density at radius 1 is 1.50 bits per heavy atom. The fourth-order valence-corrected chi connectivity index (χ4v) is 2.92. The summed E-state index contributed by atoms with van der Waals surface area (Å²) in [6.45, 7) is 6.69. The lowest BCUT2D eigenvalue weighted by atomic mass is 9.79. The van der Waals surface area contributed by atoms with E-state index in [1.54, 1.807) is 0 Å². The summed E-state index contributed by atoms with van der Waals surface area (Å²) < 4.78 is 6.91. The Morgan fingerprint density at radius 2 is 2.15 bits per heavy atom. The standard InChI is InChI=1S/C15H24N2O3/c1-4-20-14(18)13-5-7-15(19,8-6-13)10-17-12(3)9-11(2)16-17/h9,13,19H,4-8,10H2,1-3H3. The van der Waals surface area contributed by atoms with Gasteiger partial charge in [-0.05, 0) is 52.5 Å². The second kappa shape index (κ2) is 5.95. The van der Waals surface area contributed by atoms with Crippen molar-refractivity contribution in [2.24, 2.45) is 5.92 Å². The third-order valence-corrected chi connectivity index (χ3v) is 4.08. The second-order valence-corrected chi connectivity index (χ2v) is 5.84. The third-order valence-electron chi connectivity index (χ3n) is 4.08. The highest BCUT2D eigenvalue weighted by molar-refractivity contribution is 5.72. The minimum atomic E-state index is -0.758. The van der Waals surface area contributed by atoms with Gasteiger partial charge >= 0.3 is 5.97 Å². The Kier molecular flexibility index (Phi) is 4.48. The van der Waals surface area contributed by atoms with E-state index in [9.17, 15) is 9.90 Å². The molecule has 0 amide bonds. The van der Waals surface area contributed by atoms with Gasteiger partial charge in [0.2, 0.25) is 0 Å². The highest BCUT2D eigenvalue weighted by atomic mass is 16.5. The third kappa shape index (κ3) is 3.39. The van der Waals surface area contributed by atoms with Crippen LogP contribution in [0.25, 0.3) is 0 Å². The molecule has 5 heteroatoms. The van der Waals surface area contributed by atoms with Gasteiger partial charge in [0.15, 0.2) is 0 Å². The number of carbonyl (C=O) groups excluding carboxylic acids is 1. The van der Waals surface area contributed by atoms with E-state index in [1.165, 1.54) is 0 Å². The smallest absolute Gasteiger partial charge is 0.308 e. The highest BCUT2D eigenvalue weighted by Gasteiger charge is 2.37. The summed E-state index contributed by atoms with van der Waals surface area (Å²) in [5.41, 5.74) is 1.27. The van der Waals surface area contributed by atoms with Crippen molar-refractivity contribution < 1.29 is 14.6 Å². The summed E-state index contributed by atoms with van der Waals surface area (Å²) in [5, 5.41) is 15.1. The quantitative estimate of drug-likeness (QED) is 0.857. The molecule has 5 nitrogen and oxygen atoms in total. The van der Waals surface area contributed by atoms with Crippen molar-refractivity contribution in [3.63, 3.8) is 0 Å². The van der Waals surface area contributed by atoms with E-state index in [0.29, 0.717) is 38.8 Å². The van der Waals surface area contributed by atoms with E-state index in [4.69, 9.17) is 4.74 Å². The van der Waals surface area contributed by atoms with Crippen LogP contribution >= 0.6 is 0 Å². The van der Waals surface area contributed by atoms with Crippen molar-refractivity contribution in [3.05, 3.63) is 17.5 Å². The molecule has 0 aliphatic heterocycles. The molecule has 0 bridgehead atoms. The minimum Gasteiger partial charge on any atom is -0.466 e. The molecule has 0 radical (unpaired) electrons. The summed E-state index contributed by atoms with van der Waals surface area (Å²) in [6.07, 6.45) is 2.62.